The Kier molecular flexibility index (Phi) is 5.30. The summed E-state index contributed by atoms with van der Waals surface area (Å²) >= 11 is 0. The highest BCUT2D eigenvalue weighted by Crippen LogP contribution is 2.26. The van der Waals surface area contributed by atoms with Crippen molar-refractivity contribution in [3.05, 3.63) is 54.1 Å². The highest BCUT2D eigenvalue weighted by atomic mass is 19.1. The Bertz CT molecular complexity index is 658. The maximum atomic E-state index is 13.4. The molecular weight excluding hydrogens is 294 g/mol. The van der Waals surface area contributed by atoms with Crippen LogP contribution in [-0.2, 0) is 4.79 Å². The molecule has 0 unspecified atom stereocenters. The third kappa shape index (κ3) is 4.18. The maximum absolute atomic E-state index is 13.4. The first-order chi connectivity index (χ1) is 10.6. The van der Waals surface area contributed by atoms with Crippen LogP contribution in [0.1, 0.15) is 6.92 Å². The van der Waals surface area contributed by atoms with Crippen molar-refractivity contribution in [2.45, 2.75) is 6.92 Å². The van der Waals surface area contributed by atoms with Crippen LogP contribution < -0.4 is 14.2 Å². The summed E-state index contributed by atoms with van der Waals surface area (Å²) < 4.78 is 41.5. The number of para-hydroxylation sites is 2. The van der Waals surface area contributed by atoms with E-state index in [1.807, 2.05) is 0 Å². The smallest absolute Gasteiger partial charge is 0.349 e. The van der Waals surface area contributed by atoms with Gasteiger partial charge in [-0.15, -0.1) is 0 Å². The number of halogens is 2. The number of benzene rings is 2. The van der Waals surface area contributed by atoms with Gasteiger partial charge in [-0.05, 0) is 31.2 Å². The van der Waals surface area contributed by atoms with Crippen molar-refractivity contribution in [3.8, 4) is 17.2 Å². The van der Waals surface area contributed by atoms with Crippen LogP contribution in [0.25, 0.3) is 0 Å². The van der Waals surface area contributed by atoms with Gasteiger partial charge >= 0.3 is 5.97 Å². The molecule has 0 amide bonds. The minimum atomic E-state index is -0.887. The molecule has 0 bridgehead atoms. The van der Waals surface area contributed by atoms with E-state index in [1.54, 1.807) is 31.2 Å². The Balaban J connectivity index is 1.96. The standard InChI is InChI=1S/C16H14F2O4/c1-2-20-14-5-3-4-6-15(14)22-16(19)10-21-13-8-7-11(17)9-12(13)18/h3-9H,2,10H2,1H3. The first kappa shape index (κ1) is 15.8. The van der Waals surface area contributed by atoms with Crippen molar-refractivity contribution >= 4 is 5.97 Å². The van der Waals surface area contributed by atoms with E-state index < -0.39 is 24.2 Å². The zero-order chi connectivity index (χ0) is 15.9. The predicted molar refractivity (Wildman–Crippen MR) is 75.1 cm³/mol. The average Bonchev–Trinajstić information content (AvgIpc) is 2.48. The molecule has 2 rings (SSSR count). The van der Waals surface area contributed by atoms with Gasteiger partial charge in [0.2, 0.25) is 0 Å². The van der Waals surface area contributed by atoms with E-state index in [-0.39, 0.29) is 11.5 Å². The number of ether oxygens (including phenoxy) is 3. The summed E-state index contributed by atoms with van der Waals surface area (Å²) in [6, 6.07) is 9.47. The van der Waals surface area contributed by atoms with E-state index in [0.29, 0.717) is 18.4 Å². The van der Waals surface area contributed by atoms with E-state index >= 15 is 0 Å². The summed E-state index contributed by atoms with van der Waals surface area (Å²) in [6.07, 6.45) is 0. The van der Waals surface area contributed by atoms with E-state index in [0.717, 1.165) is 12.1 Å². The van der Waals surface area contributed by atoms with Gasteiger partial charge in [0.25, 0.3) is 0 Å². The van der Waals surface area contributed by atoms with E-state index in [2.05, 4.69) is 0 Å². The van der Waals surface area contributed by atoms with Crippen LogP contribution in [0.3, 0.4) is 0 Å². The van der Waals surface area contributed by atoms with Crippen molar-refractivity contribution in [3.63, 3.8) is 0 Å². The maximum Gasteiger partial charge on any atom is 0.349 e. The molecule has 0 fully saturated rings. The molecule has 4 nitrogen and oxygen atoms in total. The van der Waals surface area contributed by atoms with Gasteiger partial charge in [0.15, 0.2) is 29.7 Å². The van der Waals surface area contributed by atoms with Crippen LogP contribution in [0.2, 0.25) is 0 Å². The second kappa shape index (κ2) is 7.40. The van der Waals surface area contributed by atoms with Crippen LogP contribution in [0.5, 0.6) is 17.2 Å². The molecular formula is C16H14F2O4. The van der Waals surface area contributed by atoms with E-state index in [9.17, 15) is 13.6 Å². The zero-order valence-electron chi connectivity index (χ0n) is 11.8. The number of esters is 1. The second-order valence-electron chi connectivity index (χ2n) is 4.22. The lowest BCUT2D eigenvalue weighted by Gasteiger charge is -2.11. The van der Waals surface area contributed by atoms with Crippen LogP contribution >= 0.6 is 0 Å². The first-order valence-corrected chi connectivity index (χ1v) is 6.60. The molecule has 0 saturated heterocycles. The summed E-state index contributed by atoms with van der Waals surface area (Å²) in [7, 11) is 0. The van der Waals surface area contributed by atoms with Gasteiger partial charge < -0.3 is 14.2 Å². The molecule has 0 N–H and O–H groups in total. The molecule has 0 spiro atoms. The monoisotopic (exact) mass is 308 g/mol. The zero-order valence-corrected chi connectivity index (χ0v) is 11.8. The molecule has 2 aromatic carbocycles. The normalized spacial score (nSPS) is 10.1. The van der Waals surface area contributed by atoms with Crippen molar-refractivity contribution in [1.82, 2.24) is 0 Å². The summed E-state index contributed by atoms with van der Waals surface area (Å²) in [6.45, 7) is 1.72. The fraction of sp³-hybridized carbons (Fsp3) is 0.188. The van der Waals surface area contributed by atoms with Crippen molar-refractivity contribution < 1.29 is 27.8 Å². The lowest BCUT2D eigenvalue weighted by Crippen LogP contribution is -2.18. The Morgan fingerprint density at radius 3 is 2.41 bits per heavy atom. The van der Waals surface area contributed by atoms with Gasteiger partial charge in [-0.2, -0.15) is 0 Å². The summed E-state index contributed by atoms with van der Waals surface area (Å²) in [5.74, 6) is -1.89. The van der Waals surface area contributed by atoms with Crippen LogP contribution in [0, 0.1) is 11.6 Å². The van der Waals surface area contributed by atoms with Gasteiger partial charge in [0.1, 0.15) is 5.82 Å². The largest absolute Gasteiger partial charge is 0.490 e. The van der Waals surface area contributed by atoms with Gasteiger partial charge in [0, 0.05) is 6.07 Å². The van der Waals surface area contributed by atoms with Gasteiger partial charge in [-0.25, -0.2) is 13.6 Å². The molecule has 0 aliphatic rings. The molecule has 0 aliphatic heterocycles. The average molecular weight is 308 g/mol. The molecule has 0 radical (unpaired) electrons. The van der Waals surface area contributed by atoms with Crippen LogP contribution in [0.4, 0.5) is 8.78 Å². The van der Waals surface area contributed by atoms with Crippen molar-refractivity contribution in [2.75, 3.05) is 13.2 Å². The van der Waals surface area contributed by atoms with Gasteiger partial charge in [-0.1, -0.05) is 12.1 Å². The molecule has 116 valence electrons. The number of carbonyl (C=O) groups excluding carboxylic acids is 1. The fourth-order valence-corrected chi connectivity index (χ4v) is 1.69. The highest BCUT2D eigenvalue weighted by molar-refractivity contribution is 5.74. The number of hydrogen-bond acceptors (Lipinski definition) is 4. The summed E-state index contributed by atoms with van der Waals surface area (Å²) in [4.78, 5) is 11.7. The lowest BCUT2D eigenvalue weighted by molar-refractivity contribution is -0.136. The summed E-state index contributed by atoms with van der Waals surface area (Å²) in [5, 5.41) is 0. The lowest BCUT2D eigenvalue weighted by atomic mass is 10.3. The molecule has 2 aromatic rings. The van der Waals surface area contributed by atoms with Crippen molar-refractivity contribution in [1.29, 1.82) is 0 Å². The molecule has 0 saturated carbocycles. The molecule has 22 heavy (non-hydrogen) atoms. The van der Waals surface area contributed by atoms with Gasteiger partial charge in [0.05, 0.1) is 6.61 Å². The Morgan fingerprint density at radius 1 is 1.00 bits per heavy atom. The Labute approximate surface area is 126 Å². The first-order valence-electron chi connectivity index (χ1n) is 6.60. The van der Waals surface area contributed by atoms with E-state index in [1.165, 1.54) is 0 Å². The third-order valence-electron chi connectivity index (χ3n) is 2.61. The second-order valence-corrected chi connectivity index (χ2v) is 4.22. The Hall–Kier alpha value is -2.63. The van der Waals surface area contributed by atoms with E-state index in [4.69, 9.17) is 14.2 Å². The minimum absolute atomic E-state index is 0.226. The number of carbonyl (C=O) groups is 1. The molecule has 6 heteroatoms. The Morgan fingerprint density at radius 2 is 1.73 bits per heavy atom. The van der Waals surface area contributed by atoms with Crippen LogP contribution in [0.15, 0.2) is 42.5 Å². The van der Waals surface area contributed by atoms with Crippen LogP contribution in [-0.4, -0.2) is 19.2 Å². The number of rotatable bonds is 6. The third-order valence-corrected chi connectivity index (χ3v) is 2.61. The van der Waals surface area contributed by atoms with Crippen molar-refractivity contribution in [2.24, 2.45) is 0 Å². The topological polar surface area (TPSA) is 44.8 Å². The SMILES string of the molecule is CCOc1ccccc1OC(=O)COc1ccc(F)cc1F. The molecule has 0 aromatic heterocycles. The highest BCUT2D eigenvalue weighted by Gasteiger charge is 2.12. The number of hydrogen-bond donors (Lipinski definition) is 0. The minimum Gasteiger partial charge on any atom is -0.490 e. The summed E-state index contributed by atoms with van der Waals surface area (Å²) in [5.41, 5.74) is 0. The quantitative estimate of drug-likeness (QED) is 0.606. The molecule has 0 atom stereocenters. The molecule has 0 aliphatic carbocycles. The predicted octanol–water partition coefficient (Wildman–Crippen LogP) is 3.35. The fourth-order valence-electron chi connectivity index (χ4n) is 1.69. The molecule has 0 heterocycles. The van der Waals surface area contributed by atoms with Gasteiger partial charge in [-0.3, -0.25) is 0 Å².